The van der Waals surface area contributed by atoms with E-state index >= 15 is 0 Å². The minimum Gasteiger partial charge on any atom is -0.481 e. The van der Waals surface area contributed by atoms with Gasteiger partial charge in [-0.05, 0) is 53.5 Å². The van der Waals surface area contributed by atoms with Gasteiger partial charge in [0.25, 0.3) is 0 Å². The van der Waals surface area contributed by atoms with E-state index in [1.807, 2.05) is 26.0 Å². The van der Waals surface area contributed by atoms with Crippen molar-refractivity contribution in [3.05, 3.63) is 76.7 Å². The highest BCUT2D eigenvalue weighted by atomic mass is 31.1. The maximum Gasteiger partial charge on any atom is 0.305 e. The lowest BCUT2D eigenvalue weighted by molar-refractivity contribution is -0.138. The van der Waals surface area contributed by atoms with Crippen molar-refractivity contribution < 1.29 is 28.5 Å². The van der Waals surface area contributed by atoms with E-state index in [2.05, 4.69) is 24.2 Å². The first kappa shape index (κ1) is 25.6. The fourth-order valence-corrected chi connectivity index (χ4v) is 5.23. The second-order valence-corrected chi connectivity index (χ2v) is 10.4. The number of carbonyl (C=O) groups is 1. The Bertz CT molecular complexity index is 1380. The van der Waals surface area contributed by atoms with Crippen LogP contribution in [0.1, 0.15) is 48.6 Å². The van der Waals surface area contributed by atoms with E-state index in [4.69, 9.17) is 14.6 Å². The molecule has 4 rings (SSSR count). The second kappa shape index (κ2) is 11.1. The quantitative estimate of drug-likeness (QED) is 0.328. The summed E-state index contributed by atoms with van der Waals surface area (Å²) in [5, 5.41) is 18.5. The molecule has 2 atom stereocenters. The average Bonchev–Trinajstić information content (AvgIpc) is 2.83. The Morgan fingerprint density at radius 1 is 1.17 bits per heavy atom. The molecule has 8 heteroatoms. The molecule has 0 amide bonds. The zero-order chi connectivity index (χ0) is 25.8. The minimum atomic E-state index is -2.78. The van der Waals surface area contributed by atoms with E-state index in [0.717, 1.165) is 46.5 Å². The Hall–Kier alpha value is -3.46. The molecule has 3 aromatic rings. The molecule has 2 N–H and O–H groups in total. The Morgan fingerprint density at radius 2 is 1.89 bits per heavy atom. The maximum absolute atomic E-state index is 13.8. The Morgan fingerprint density at radius 3 is 2.58 bits per heavy atom. The van der Waals surface area contributed by atoms with Gasteiger partial charge in [-0.3, -0.25) is 14.3 Å². The molecule has 0 bridgehead atoms. The van der Waals surface area contributed by atoms with Gasteiger partial charge in [0.2, 0.25) is 8.03 Å². The molecule has 0 aliphatic heterocycles. The number of fused-ring (bicyclic) bond motifs is 3. The van der Waals surface area contributed by atoms with Gasteiger partial charge >= 0.3 is 5.97 Å². The number of benzene rings is 2. The van der Waals surface area contributed by atoms with Gasteiger partial charge in [0.05, 0.1) is 35.6 Å². The van der Waals surface area contributed by atoms with E-state index in [1.54, 1.807) is 12.1 Å². The smallest absolute Gasteiger partial charge is 0.305 e. The minimum absolute atomic E-state index is 0.00213. The SMILES string of the molecule is CC(C)c1nc2c(c(-c3ccc(F)cc3)c1C#CO[PH](=O)C[C@@H](O)CC(=O)O)CCc1ccccc1-2. The van der Waals surface area contributed by atoms with Gasteiger partial charge in [0, 0.05) is 11.1 Å². The highest BCUT2D eigenvalue weighted by Gasteiger charge is 2.26. The molecule has 1 aliphatic rings. The van der Waals surface area contributed by atoms with E-state index in [9.17, 15) is 18.9 Å². The normalized spacial score (nSPS) is 13.7. The molecule has 2 aromatic carbocycles. The highest BCUT2D eigenvalue weighted by Crippen LogP contribution is 2.41. The molecule has 0 fully saturated rings. The van der Waals surface area contributed by atoms with E-state index < -0.39 is 26.5 Å². The number of aromatic nitrogens is 1. The topological polar surface area (TPSA) is 96.7 Å². The number of rotatable bonds is 7. The molecule has 1 unspecified atom stereocenters. The van der Waals surface area contributed by atoms with Gasteiger partial charge in [-0.1, -0.05) is 50.2 Å². The monoisotopic (exact) mass is 507 g/mol. The summed E-state index contributed by atoms with van der Waals surface area (Å²) in [6.45, 7) is 4.02. The number of hydrogen-bond donors (Lipinski definition) is 2. The predicted octanol–water partition coefficient (Wildman–Crippen LogP) is 5.41. The lowest BCUT2D eigenvalue weighted by Crippen LogP contribution is -2.15. The van der Waals surface area contributed by atoms with E-state index in [1.165, 1.54) is 17.7 Å². The first-order valence-electron chi connectivity index (χ1n) is 11.8. The summed E-state index contributed by atoms with van der Waals surface area (Å²) in [4.78, 5) is 15.8. The number of carboxylic acids is 1. The van der Waals surface area contributed by atoms with Crippen molar-refractivity contribution in [1.29, 1.82) is 0 Å². The second-order valence-electron chi connectivity index (χ2n) is 9.05. The van der Waals surface area contributed by atoms with Crippen molar-refractivity contribution in [2.75, 3.05) is 6.16 Å². The molecule has 1 aromatic heterocycles. The molecular weight excluding hydrogens is 480 g/mol. The van der Waals surface area contributed by atoms with Crippen LogP contribution in [0.15, 0.2) is 48.5 Å². The van der Waals surface area contributed by atoms with Crippen molar-refractivity contribution in [3.8, 4) is 34.4 Å². The van der Waals surface area contributed by atoms with Crippen LogP contribution < -0.4 is 0 Å². The van der Waals surface area contributed by atoms with Gasteiger partial charge in [0.1, 0.15) is 11.9 Å². The van der Waals surface area contributed by atoms with E-state index in [-0.39, 0.29) is 17.9 Å². The first-order chi connectivity index (χ1) is 17.2. The largest absolute Gasteiger partial charge is 0.481 e. The molecule has 1 heterocycles. The standard InChI is InChI=1S/C28H27FNO5P/c1-17(2)27-24(13-14-35-36(34)16-21(31)15-25(32)33)26(19-7-10-20(29)11-8-19)23-12-9-18-5-3-4-6-22(18)28(23)30-27/h3-8,10-11,17,21,31,36H,9,12,15-16H2,1-2H3,(H,32,33)/t21-/m0/s1. The molecule has 36 heavy (non-hydrogen) atoms. The Balaban J connectivity index is 1.82. The predicted molar refractivity (Wildman–Crippen MR) is 137 cm³/mol. The summed E-state index contributed by atoms with van der Waals surface area (Å²) < 4.78 is 31.2. The third-order valence-corrected chi connectivity index (χ3v) is 7.21. The van der Waals surface area contributed by atoms with Crippen LogP contribution in [-0.2, 0) is 26.7 Å². The van der Waals surface area contributed by atoms with Crippen LogP contribution in [0.3, 0.4) is 0 Å². The Labute approximate surface area is 210 Å². The fourth-order valence-electron chi connectivity index (χ4n) is 4.46. The van der Waals surface area contributed by atoms with Crippen LogP contribution in [0.2, 0.25) is 0 Å². The molecular formula is C28H27FNO5P. The number of halogens is 1. The zero-order valence-corrected chi connectivity index (χ0v) is 21.0. The van der Waals surface area contributed by atoms with E-state index in [0.29, 0.717) is 5.56 Å². The molecule has 0 radical (unpaired) electrons. The van der Waals surface area contributed by atoms with Crippen molar-refractivity contribution >= 4 is 14.0 Å². The summed E-state index contributed by atoms with van der Waals surface area (Å²) in [7, 11) is -2.78. The molecule has 0 spiro atoms. The van der Waals surface area contributed by atoms with Crippen molar-refractivity contribution in [2.24, 2.45) is 0 Å². The number of aryl methyl sites for hydroxylation is 1. The summed E-state index contributed by atoms with van der Waals surface area (Å²) >= 11 is 0. The van der Waals surface area contributed by atoms with Crippen LogP contribution in [-0.4, -0.2) is 33.4 Å². The highest BCUT2D eigenvalue weighted by molar-refractivity contribution is 7.39. The molecule has 1 aliphatic carbocycles. The maximum atomic E-state index is 13.8. The number of aliphatic hydroxyl groups excluding tert-OH is 1. The lowest BCUT2D eigenvalue weighted by Gasteiger charge is -2.25. The number of aliphatic hydroxyl groups is 1. The van der Waals surface area contributed by atoms with Gasteiger partial charge in [0.15, 0.2) is 0 Å². The molecule has 0 saturated heterocycles. The van der Waals surface area contributed by atoms with Gasteiger partial charge in [-0.15, -0.1) is 0 Å². The first-order valence-corrected chi connectivity index (χ1v) is 13.3. The molecule has 0 saturated carbocycles. The molecule has 186 valence electrons. The third kappa shape index (κ3) is 5.67. The van der Waals surface area contributed by atoms with Gasteiger partial charge in [-0.25, -0.2) is 4.39 Å². The summed E-state index contributed by atoms with van der Waals surface area (Å²) in [5.74, 6) is 1.47. The fraction of sp³-hybridized carbons (Fsp3) is 0.286. The van der Waals surface area contributed by atoms with Crippen molar-refractivity contribution in [2.45, 2.75) is 45.1 Å². The lowest BCUT2D eigenvalue weighted by atomic mass is 9.81. The number of nitrogens with zero attached hydrogens (tertiary/aromatic N) is 1. The van der Waals surface area contributed by atoms with Crippen LogP contribution in [0.4, 0.5) is 4.39 Å². The van der Waals surface area contributed by atoms with Crippen molar-refractivity contribution in [3.63, 3.8) is 0 Å². The van der Waals surface area contributed by atoms with Crippen LogP contribution in [0.25, 0.3) is 22.4 Å². The number of pyridine rings is 1. The van der Waals surface area contributed by atoms with Crippen LogP contribution >= 0.6 is 8.03 Å². The van der Waals surface area contributed by atoms with Crippen LogP contribution in [0, 0.1) is 17.8 Å². The summed E-state index contributed by atoms with van der Waals surface area (Å²) in [6, 6.07) is 14.4. The number of hydrogen-bond acceptors (Lipinski definition) is 5. The molecule has 6 nitrogen and oxygen atoms in total. The van der Waals surface area contributed by atoms with Gasteiger partial charge in [-0.2, -0.15) is 0 Å². The number of aliphatic carboxylic acids is 1. The summed E-state index contributed by atoms with van der Waals surface area (Å²) in [6.07, 6.45) is 1.99. The zero-order valence-electron chi connectivity index (χ0n) is 20.0. The van der Waals surface area contributed by atoms with Crippen LogP contribution in [0.5, 0.6) is 0 Å². The third-order valence-electron chi connectivity index (χ3n) is 6.08. The summed E-state index contributed by atoms with van der Waals surface area (Å²) in [5.41, 5.74) is 7.19. The van der Waals surface area contributed by atoms with Crippen molar-refractivity contribution in [1.82, 2.24) is 4.98 Å². The van der Waals surface area contributed by atoms with Gasteiger partial charge < -0.3 is 14.7 Å². The average molecular weight is 507 g/mol. The number of carboxylic acid groups (broad SMARTS) is 1. The Kier molecular flexibility index (Phi) is 7.88.